The minimum atomic E-state index is -0.512. The quantitative estimate of drug-likeness (QED) is 0.722. The predicted octanol–water partition coefficient (Wildman–Crippen LogP) is 3.35. The van der Waals surface area contributed by atoms with Crippen molar-refractivity contribution in [2.45, 2.75) is 38.5 Å². The summed E-state index contributed by atoms with van der Waals surface area (Å²) >= 11 is 0. The zero-order chi connectivity index (χ0) is 18.7. The van der Waals surface area contributed by atoms with Crippen molar-refractivity contribution >= 4 is 17.5 Å². The van der Waals surface area contributed by atoms with Crippen molar-refractivity contribution in [2.75, 3.05) is 5.32 Å². The molecule has 6 heteroatoms. The van der Waals surface area contributed by atoms with Crippen molar-refractivity contribution in [3.63, 3.8) is 0 Å². The molecule has 26 heavy (non-hydrogen) atoms. The van der Waals surface area contributed by atoms with Crippen molar-refractivity contribution in [1.82, 2.24) is 9.97 Å². The smallest absolute Gasteiger partial charge is 0.244 e. The monoisotopic (exact) mass is 352 g/mol. The Bertz CT molecular complexity index is 840. The van der Waals surface area contributed by atoms with Crippen LogP contribution in [0.3, 0.4) is 0 Å². The second-order valence-corrected chi connectivity index (χ2v) is 6.96. The van der Waals surface area contributed by atoms with Crippen LogP contribution in [-0.4, -0.2) is 21.8 Å². The van der Waals surface area contributed by atoms with Crippen LogP contribution in [0.5, 0.6) is 0 Å². The number of aromatic amines is 1. The summed E-state index contributed by atoms with van der Waals surface area (Å²) in [4.78, 5) is 31.8. The van der Waals surface area contributed by atoms with Crippen molar-refractivity contribution in [2.24, 2.45) is 11.7 Å². The lowest BCUT2D eigenvalue weighted by atomic mass is 9.90. The minimum Gasteiger partial charge on any atom is -0.366 e. The number of H-pyrrole nitrogens is 1. The average molecular weight is 352 g/mol. The van der Waals surface area contributed by atoms with E-state index in [4.69, 9.17) is 5.73 Å². The van der Waals surface area contributed by atoms with E-state index >= 15 is 0 Å². The first-order valence-corrected chi connectivity index (χ1v) is 8.88. The molecule has 4 N–H and O–H groups in total. The topological polar surface area (TPSA) is 101 Å². The number of carbonyl (C=O) groups excluding carboxylic acids is 2. The van der Waals surface area contributed by atoms with Crippen LogP contribution in [0.25, 0.3) is 11.3 Å². The van der Waals surface area contributed by atoms with E-state index in [0.29, 0.717) is 24.2 Å². The Labute approximate surface area is 152 Å². The van der Waals surface area contributed by atoms with Gasteiger partial charge in [-0.2, -0.15) is 0 Å². The second-order valence-electron chi connectivity index (χ2n) is 6.96. The van der Waals surface area contributed by atoms with Gasteiger partial charge in [0.15, 0.2) is 0 Å². The van der Waals surface area contributed by atoms with Crippen LogP contribution >= 0.6 is 0 Å². The Morgan fingerprint density at radius 1 is 1.31 bits per heavy atom. The summed E-state index contributed by atoms with van der Waals surface area (Å²) in [7, 11) is 0. The van der Waals surface area contributed by atoms with Crippen LogP contribution in [0.2, 0.25) is 0 Å². The van der Waals surface area contributed by atoms with Crippen LogP contribution < -0.4 is 11.1 Å². The molecule has 2 atom stereocenters. The van der Waals surface area contributed by atoms with Gasteiger partial charge in [0.2, 0.25) is 11.8 Å². The number of hydrogen-bond acceptors (Lipinski definition) is 3. The van der Waals surface area contributed by atoms with E-state index in [-0.39, 0.29) is 17.7 Å². The number of benzene rings is 1. The Morgan fingerprint density at radius 3 is 2.85 bits per heavy atom. The molecule has 136 valence electrons. The molecule has 2 bridgehead atoms. The van der Waals surface area contributed by atoms with Crippen molar-refractivity contribution in [1.29, 1.82) is 0 Å². The number of carbonyl (C=O) groups is 2. The van der Waals surface area contributed by atoms with Crippen molar-refractivity contribution in [3.8, 4) is 11.3 Å². The summed E-state index contributed by atoms with van der Waals surface area (Å²) in [6, 6.07) is 7.59. The van der Waals surface area contributed by atoms with Crippen molar-refractivity contribution < 1.29 is 9.59 Å². The Kier molecular flexibility index (Phi) is 5.21. The number of aromatic nitrogens is 2. The molecule has 1 aliphatic heterocycles. The average Bonchev–Trinajstić information content (AvgIpc) is 3.07. The molecule has 1 aliphatic rings. The Balaban J connectivity index is 2.03. The molecule has 0 radical (unpaired) electrons. The highest BCUT2D eigenvalue weighted by Crippen LogP contribution is 2.32. The number of amides is 2. The van der Waals surface area contributed by atoms with Crippen LogP contribution in [-0.2, 0) is 9.59 Å². The third-order valence-corrected chi connectivity index (χ3v) is 4.88. The van der Waals surface area contributed by atoms with E-state index in [2.05, 4.69) is 28.8 Å². The maximum atomic E-state index is 12.4. The van der Waals surface area contributed by atoms with E-state index in [1.807, 2.05) is 24.3 Å². The maximum absolute atomic E-state index is 12.4. The molecule has 0 aliphatic carbocycles. The summed E-state index contributed by atoms with van der Waals surface area (Å²) in [6.45, 7) is 5.93. The molecule has 2 heterocycles. The van der Waals surface area contributed by atoms with Gasteiger partial charge in [0, 0.05) is 23.5 Å². The first-order chi connectivity index (χ1) is 12.5. The normalized spacial score (nSPS) is 20.7. The van der Waals surface area contributed by atoms with Gasteiger partial charge in [-0.05, 0) is 18.4 Å². The summed E-state index contributed by atoms with van der Waals surface area (Å²) in [5.74, 6) is 0.170. The van der Waals surface area contributed by atoms with Gasteiger partial charge in [0.25, 0.3) is 0 Å². The molecule has 3 rings (SSSR count). The summed E-state index contributed by atoms with van der Waals surface area (Å²) in [6.07, 6.45) is 4.63. The van der Waals surface area contributed by atoms with Crippen molar-refractivity contribution in [3.05, 3.63) is 48.4 Å². The molecule has 1 aromatic carbocycles. The molecule has 1 aromatic heterocycles. The molecule has 6 nitrogen and oxygen atoms in total. The molecule has 2 aromatic rings. The van der Waals surface area contributed by atoms with Gasteiger partial charge in [0.05, 0.1) is 17.6 Å². The second kappa shape index (κ2) is 7.56. The highest BCUT2D eigenvalue weighted by Gasteiger charge is 2.24. The molecule has 0 fully saturated rings. The fraction of sp³-hybridized carbons (Fsp3) is 0.350. The summed E-state index contributed by atoms with van der Waals surface area (Å²) in [5.41, 5.74) is 8.20. The number of hydrogen-bond donors (Lipinski definition) is 3. The molecule has 0 saturated carbocycles. The lowest BCUT2D eigenvalue weighted by Crippen LogP contribution is -2.20. The molecular weight excluding hydrogens is 328 g/mol. The summed E-state index contributed by atoms with van der Waals surface area (Å²) < 4.78 is 0. The van der Waals surface area contributed by atoms with E-state index in [1.165, 1.54) is 0 Å². The minimum absolute atomic E-state index is 0.00188. The number of nitrogens with one attached hydrogen (secondary N) is 2. The number of nitrogens with zero attached hydrogens (tertiary/aromatic N) is 1. The fourth-order valence-electron chi connectivity index (χ4n) is 3.42. The van der Waals surface area contributed by atoms with Crippen LogP contribution in [0.1, 0.15) is 44.3 Å². The Hall–Kier alpha value is -2.89. The lowest BCUT2D eigenvalue weighted by molar-refractivity contribution is -0.117. The zero-order valence-corrected chi connectivity index (χ0v) is 14.9. The molecule has 1 unspecified atom stereocenters. The molecular formula is C20H24N4O2. The highest BCUT2D eigenvalue weighted by molar-refractivity contribution is 5.95. The van der Waals surface area contributed by atoms with Crippen LogP contribution in [0, 0.1) is 5.92 Å². The number of anilines is 1. The maximum Gasteiger partial charge on any atom is 0.244 e. The molecule has 0 saturated heterocycles. The van der Waals surface area contributed by atoms with Gasteiger partial charge >= 0.3 is 0 Å². The highest BCUT2D eigenvalue weighted by atomic mass is 16.2. The molecule has 0 spiro atoms. The van der Waals surface area contributed by atoms with Crippen LogP contribution in [0.4, 0.5) is 5.69 Å². The fourth-order valence-corrected chi connectivity index (χ4v) is 3.42. The summed E-state index contributed by atoms with van der Waals surface area (Å²) in [5, 5.41) is 3.00. The van der Waals surface area contributed by atoms with Gasteiger partial charge in [-0.3, -0.25) is 9.59 Å². The van der Waals surface area contributed by atoms with Gasteiger partial charge in [-0.15, -0.1) is 0 Å². The van der Waals surface area contributed by atoms with E-state index in [1.54, 1.807) is 6.20 Å². The van der Waals surface area contributed by atoms with Crippen LogP contribution in [0.15, 0.2) is 42.6 Å². The lowest BCUT2D eigenvalue weighted by Gasteiger charge is -2.17. The van der Waals surface area contributed by atoms with E-state index in [0.717, 1.165) is 29.8 Å². The van der Waals surface area contributed by atoms with Gasteiger partial charge in [-0.1, -0.05) is 44.5 Å². The predicted molar refractivity (Wildman–Crippen MR) is 101 cm³/mol. The van der Waals surface area contributed by atoms with Gasteiger partial charge < -0.3 is 16.0 Å². The first-order valence-electron chi connectivity index (χ1n) is 8.88. The number of primary amides is 1. The SMILES string of the molecule is C=C(C(N)=O)C1CCC[C@H](C)CC(=O)Nc2ccccc2-c2cnc1[nH]2. The molecule has 2 amide bonds. The third kappa shape index (κ3) is 3.85. The Morgan fingerprint density at radius 2 is 2.08 bits per heavy atom. The number of nitrogens with two attached hydrogens (primary N) is 1. The third-order valence-electron chi connectivity index (χ3n) is 4.88. The number of para-hydroxylation sites is 1. The van der Waals surface area contributed by atoms with Gasteiger partial charge in [0.1, 0.15) is 5.82 Å². The zero-order valence-electron chi connectivity index (χ0n) is 14.9. The van der Waals surface area contributed by atoms with E-state index in [9.17, 15) is 9.59 Å². The number of fused-ring (bicyclic) bond motifs is 4. The standard InChI is InChI=1S/C20H24N4O2/c1-12-6-5-8-14(13(2)19(21)26)20-22-11-17(24-20)15-7-3-4-9-16(15)23-18(25)10-12/h3-4,7,9,11-12,14H,2,5-6,8,10H2,1H3,(H2,21,26)(H,22,24)(H,23,25)/t12-,14?/m0/s1. The number of rotatable bonds is 2. The van der Waals surface area contributed by atoms with Gasteiger partial charge in [-0.25, -0.2) is 4.98 Å². The van der Waals surface area contributed by atoms with E-state index < -0.39 is 5.91 Å². The largest absolute Gasteiger partial charge is 0.366 e. The number of imidazole rings is 1. The first kappa shape index (κ1) is 17.9.